The van der Waals surface area contributed by atoms with Gasteiger partial charge < -0.3 is 4.74 Å². The largest absolute Gasteiger partial charge is 0.359 e. The Bertz CT molecular complexity index is 102. The van der Waals surface area contributed by atoms with Crippen molar-refractivity contribution in [2.24, 2.45) is 4.99 Å². The zero-order valence-corrected chi connectivity index (χ0v) is 4.02. The fourth-order valence-electron chi connectivity index (χ4n) is 0.422. The van der Waals surface area contributed by atoms with E-state index in [9.17, 15) is 4.39 Å². The van der Waals surface area contributed by atoms with Crippen molar-refractivity contribution >= 4 is 5.97 Å². The van der Waals surface area contributed by atoms with E-state index in [1.165, 1.54) is 7.11 Å². The van der Waals surface area contributed by atoms with E-state index in [1.54, 1.807) is 0 Å². The number of methoxy groups -OCH3 is 1. The van der Waals surface area contributed by atoms with Crippen LogP contribution >= 0.6 is 0 Å². The van der Waals surface area contributed by atoms with Gasteiger partial charge in [-0.3, -0.25) is 0 Å². The van der Waals surface area contributed by atoms with Crippen LogP contribution < -0.4 is 0 Å². The maximum absolute atomic E-state index is 11.6. The van der Waals surface area contributed by atoms with Gasteiger partial charge in [-0.25, -0.2) is 4.99 Å². The quantitative estimate of drug-likeness (QED) is 0.479. The van der Waals surface area contributed by atoms with Gasteiger partial charge in [-0.2, -0.15) is 4.39 Å². The molecule has 0 saturated carbocycles. The van der Waals surface area contributed by atoms with Gasteiger partial charge in [0.2, 0.25) is 0 Å². The van der Waals surface area contributed by atoms with E-state index in [4.69, 9.17) is 0 Å². The van der Waals surface area contributed by atoms with Crippen LogP contribution in [0.4, 0.5) is 4.39 Å². The minimum Gasteiger partial charge on any atom is -0.359 e. The molecule has 1 aliphatic heterocycles. The summed E-state index contributed by atoms with van der Waals surface area (Å²) >= 11 is 0. The van der Waals surface area contributed by atoms with Gasteiger partial charge in [-0.05, 0) is 0 Å². The molecule has 3 heteroatoms. The summed E-state index contributed by atoms with van der Waals surface area (Å²) in [5.41, 5.74) is 0. The van der Waals surface area contributed by atoms with E-state index < -0.39 is 0 Å². The lowest BCUT2D eigenvalue weighted by Gasteiger charge is -2.15. The highest BCUT2D eigenvalue weighted by atomic mass is 19.1. The van der Waals surface area contributed by atoms with Crippen LogP contribution in [0.25, 0.3) is 0 Å². The van der Waals surface area contributed by atoms with Gasteiger partial charge >= 0.3 is 0 Å². The number of rotatable bonds is 1. The van der Waals surface area contributed by atoms with Crippen LogP contribution in [0.15, 0.2) is 4.99 Å². The topological polar surface area (TPSA) is 21.6 Å². The Morgan fingerprint density at radius 3 is 2.71 bits per heavy atom. The highest BCUT2D eigenvalue weighted by Gasteiger charge is 2.19. The second-order valence-electron chi connectivity index (χ2n) is 1.40. The van der Waals surface area contributed by atoms with Crippen LogP contribution in [0, 0.1) is 0 Å². The Morgan fingerprint density at radius 1 is 2.00 bits per heavy atom. The normalized spacial score (nSPS) is 28.9. The first-order valence-electron chi connectivity index (χ1n) is 2.08. The molecule has 1 aliphatic rings. The van der Waals surface area contributed by atoms with Gasteiger partial charge in [0.25, 0.3) is 0 Å². The van der Waals surface area contributed by atoms with E-state index in [1.807, 2.05) is 0 Å². The fourth-order valence-corrected chi connectivity index (χ4v) is 0.422. The molecule has 7 heavy (non-hydrogen) atoms. The van der Waals surface area contributed by atoms with Crippen LogP contribution in [-0.2, 0) is 4.74 Å². The second-order valence-corrected chi connectivity index (χ2v) is 1.40. The molecule has 40 valence electrons. The summed E-state index contributed by atoms with van der Waals surface area (Å²) in [5, 5.41) is 0. The van der Waals surface area contributed by atoms with E-state index >= 15 is 0 Å². The number of ether oxygens (including phenoxy) is 1. The molecule has 2 nitrogen and oxygen atoms in total. The fraction of sp³-hybridized carbons (Fsp3) is 0.750. The zero-order chi connectivity index (χ0) is 5.28. The minimum absolute atomic E-state index is 0.194. The molecule has 0 amide bonds. The maximum Gasteiger partial charge on any atom is 0.191 e. The smallest absolute Gasteiger partial charge is 0.191 e. The maximum atomic E-state index is 11.6. The first-order chi connectivity index (χ1) is 3.33. The molecule has 0 saturated heterocycles. The predicted octanol–water partition coefficient (Wildman–Crippen LogP) is 0.731. The summed E-state index contributed by atoms with van der Waals surface area (Å²) in [6.45, 7) is 0. The van der Waals surface area contributed by atoms with Crippen LogP contribution in [0.5, 0.6) is 0 Å². The molecule has 0 bridgehead atoms. The van der Waals surface area contributed by atoms with Gasteiger partial charge in [0.1, 0.15) is 0 Å². The lowest BCUT2D eigenvalue weighted by Crippen LogP contribution is -2.21. The molecule has 0 radical (unpaired) electrons. The van der Waals surface area contributed by atoms with Crippen molar-refractivity contribution in [2.75, 3.05) is 7.11 Å². The monoisotopic (exact) mass is 103 g/mol. The molecule has 1 atom stereocenters. The first kappa shape index (κ1) is 4.71. The number of hydrogen-bond donors (Lipinski definition) is 0. The lowest BCUT2D eigenvalue weighted by atomic mass is 10.3. The van der Waals surface area contributed by atoms with E-state index in [-0.39, 0.29) is 12.2 Å². The standard InChI is InChI=1S/C4H6FNO/c1-7-4-2-3(5)6-4/h4H,2H2,1H3. The summed E-state index contributed by atoms with van der Waals surface area (Å²) in [6, 6.07) is 0. The third-order valence-corrected chi connectivity index (χ3v) is 0.899. The summed E-state index contributed by atoms with van der Waals surface area (Å²) in [7, 11) is 1.51. The van der Waals surface area contributed by atoms with Crippen LogP contribution in [0.2, 0.25) is 0 Å². The van der Waals surface area contributed by atoms with Gasteiger partial charge in [-0.15, -0.1) is 0 Å². The van der Waals surface area contributed by atoms with Gasteiger partial charge in [0.05, 0.1) is 6.42 Å². The number of nitrogens with zero attached hydrogens (tertiary/aromatic N) is 1. The van der Waals surface area contributed by atoms with E-state index in [2.05, 4.69) is 9.73 Å². The van der Waals surface area contributed by atoms with Crippen LogP contribution in [0.3, 0.4) is 0 Å². The molecule has 1 unspecified atom stereocenters. The van der Waals surface area contributed by atoms with Crippen LogP contribution in [0.1, 0.15) is 6.42 Å². The van der Waals surface area contributed by atoms with Gasteiger partial charge in [0, 0.05) is 7.11 Å². The SMILES string of the molecule is COC1CC(F)=N1. The number of aliphatic imine (C=N–C) groups is 1. The molecule has 0 N–H and O–H groups in total. The summed E-state index contributed by atoms with van der Waals surface area (Å²) in [6.07, 6.45) is 0.163. The molecular weight excluding hydrogens is 97.0 g/mol. The van der Waals surface area contributed by atoms with Crippen molar-refractivity contribution in [1.29, 1.82) is 0 Å². The summed E-state index contributed by atoms with van der Waals surface area (Å²) < 4.78 is 16.3. The van der Waals surface area contributed by atoms with Crippen molar-refractivity contribution in [2.45, 2.75) is 12.6 Å². The van der Waals surface area contributed by atoms with E-state index in [0.29, 0.717) is 6.42 Å². The molecule has 0 fully saturated rings. The molecule has 0 aromatic rings. The van der Waals surface area contributed by atoms with Crippen molar-refractivity contribution in [1.82, 2.24) is 0 Å². The van der Waals surface area contributed by atoms with Gasteiger partial charge in [0.15, 0.2) is 12.2 Å². The van der Waals surface area contributed by atoms with Crippen molar-refractivity contribution < 1.29 is 9.13 Å². The third kappa shape index (κ3) is 0.771. The predicted molar refractivity (Wildman–Crippen MR) is 24.0 cm³/mol. The Morgan fingerprint density at radius 2 is 2.57 bits per heavy atom. The Labute approximate surface area is 41.0 Å². The van der Waals surface area contributed by atoms with Crippen LogP contribution in [-0.4, -0.2) is 19.3 Å². The zero-order valence-electron chi connectivity index (χ0n) is 4.02. The molecule has 0 spiro atoms. The minimum atomic E-state index is -0.299. The molecule has 1 heterocycles. The molecule has 1 rings (SSSR count). The highest BCUT2D eigenvalue weighted by molar-refractivity contribution is 5.79. The molecule has 0 aromatic heterocycles. The summed E-state index contributed by atoms with van der Waals surface area (Å²) in [4.78, 5) is 3.37. The number of hydrogen-bond acceptors (Lipinski definition) is 2. The molecule has 0 aromatic carbocycles. The van der Waals surface area contributed by atoms with Crippen molar-refractivity contribution in [3.05, 3.63) is 0 Å². The Hall–Kier alpha value is -0.440. The van der Waals surface area contributed by atoms with E-state index in [0.717, 1.165) is 0 Å². The lowest BCUT2D eigenvalue weighted by molar-refractivity contribution is 0.0972. The average molecular weight is 103 g/mol. The highest BCUT2D eigenvalue weighted by Crippen LogP contribution is 2.12. The van der Waals surface area contributed by atoms with Crippen molar-refractivity contribution in [3.8, 4) is 0 Å². The van der Waals surface area contributed by atoms with Crippen molar-refractivity contribution in [3.63, 3.8) is 0 Å². The average Bonchev–Trinajstić information content (AvgIpc) is 1.58. The molecule has 0 aliphatic carbocycles. The first-order valence-corrected chi connectivity index (χ1v) is 2.08. The number of halogens is 1. The van der Waals surface area contributed by atoms with Gasteiger partial charge in [-0.1, -0.05) is 0 Å². The summed E-state index contributed by atoms with van der Waals surface area (Å²) in [5.74, 6) is -0.299. The molecular formula is C4H6FNO. The third-order valence-electron chi connectivity index (χ3n) is 0.899. The Balaban J connectivity index is 2.31. The second kappa shape index (κ2) is 1.58. The Kier molecular flexibility index (Phi) is 1.06.